The van der Waals surface area contributed by atoms with Crippen LogP contribution in [0.25, 0.3) is 10.8 Å². The Labute approximate surface area is 172 Å². The molecule has 0 radical (unpaired) electrons. The topological polar surface area (TPSA) is 32.8 Å². The summed E-state index contributed by atoms with van der Waals surface area (Å²) in [5.74, 6) is 0.816. The number of hydrogen-bond acceptors (Lipinski definition) is 3. The Bertz CT molecular complexity index is 1020. The maximum absolute atomic E-state index is 13.0. The van der Waals surface area contributed by atoms with Crippen LogP contribution >= 0.6 is 0 Å². The number of ether oxygens (including phenoxy) is 1. The molecule has 1 aliphatic rings. The number of carbonyl (C=O) groups is 1. The van der Waals surface area contributed by atoms with Gasteiger partial charge in [0.05, 0.1) is 0 Å². The van der Waals surface area contributed by atoms with Gasteiger partial charge in [-0.25, -0.2) is 0 Å². The Kier molecular flexibility index (Phi) is 5.43. The molecule has 0 spiro atoms. The number of piperazine rings is 1. The van der Waals surface area contributed by atoms with Crippen molar-refractivity contribution in [3.05, 3.63) is 71.8 Å². The highest BCUT2D eigenvalue weighted by molar-refractivity contribution is 5.89. The van der Waals surface area contributed by atoms with Crippen LogP contribution in [0.15, 0.2) is 60.7 Å². The van der Waals surface area contributed by atoms with E-state index < -0.39 is 6.10 Å². The average molecular weight is 389 g/mol. The molecule has 1 aliphatic heterocycles. The number of benzene rings is 3. The van der Waals surface area contributed by atoms with Gasteiger partial charge in [0.15, 0.2) is 6.10 Å². The van der Waals surface area contributed by atoms with Gasteiger partial charge in [0, 0.05) is 37.3 Å². The van der Waals surface area contributed by atoms with Crippen LogP contribution in [0.5, 0.6) is 5.75 Å². The first-order valence-electron chi connectivity index (χ1n) is 10.3. The van der Waals surface area contributed by atoms with Gasteiger partial charge in [-0.2, -0.15) is 0 Å². The van der Waals surface area contributed by atoms with Gasteiger partial charge in [0.2, 0.25) is 0 Å². The Morgan fingerprint density at radius 2 is 1.59 bits per heavy atom. The average Bonchev–Trinajstić information content (AvgIpc) is 2.75. The maximum atomic E-state index is 13.0. The van der Waals surface area contributed by atoms with Crippen molar-refractivity contribution in [3.8, 4) is 5.75 Å². The number of amides is 1. The van der Waals surface area contributed by atoms with Crippen molar-refractivity contribution in [1.82, 2.24) is 4.90 Å². The van der Waals surface area contributed by atoms with Crippen molar-refractivity contribution in [2.75, 3.05) is 31.1 Å². The van der Waals surface area contributed by atoms with Gasteiger partial charge in [0.1, 0.15) is 5.75 Å². The van der Waals surface area contributed by atoms with Crippen molar-refractivity contribution < 1.29 is 9.53 Å². The molecule has 0 unspecified atom stereocenters. The second kappa shape index (κ2) is 8.16. The van der Waals surface area contributed by atoms with E-state index in [1.54, 1.807) is 0 Å². The third-order valence-electron chi connectivity index (χ3n) is 5.91. The van der Waals surface area contributed by atoms with E-state index in [0.29, 0.717) is 0 Å². The van der Waals surface area contributed by atoms with Crippen LogP contribution in [0.3, 0.4) is 0 Å². The van der Waals surface area contributed by atoms with Gasteiger partial charge in [-0.3, -0.25) is 4.79 Å². The van der Waals surface area contributed by atoms with Gasteiger partial charge in [-0.1, -0.05) is 48.5 Å². The highest BCUT2D eigenvalue weighted by Crippen LogP contribution is 2.27. The number of anilines is 1. The molecule has 0 aromatic heterocycles. The molecular formula is C25H28N2O2. The minimum atomic E-state index is -0.506. The standard InChI is InChI=1S/C25H28N2O2/c1-18-8-6-12-23(19(18)2)26-14-16-27(17-15-26)25(28)20(3)29-24-13-7-10-21-9-4-5-11-22(21)24/h4-13,20H,14-17H2,1-3H3/t20-/m0/s1. The van der Waals surface area contributed by atoms with E-state index in [-0.39, 0.29) is 5.91 Å². The van der Waals surface area contributed by atoms with Crippen molar-refractivity contribution in [3.63, 3.8) is 0 Å². The van der Waals surface area contributed by atoms with Gasteiger partial charge in [-0.15, -0.1) is 0 Å². The number of hydrogen-bond donors (Lipinski definition) is 0. The number of carbonyl (C=O) groups excluding carboxylic acids is 1. The molecule has 4 nitrogen and oxygen atoms in total. The Morgan fingerprint density at radius 1 is 0.897 bits per heavy atom. The molecule has 0 saturated carbocycles. The summed E-state index contributed by atoms with van der Waals surface area (Å²) < 4.78 is 6.08. The zero-order valence-corrected chi connectivity index (χ0v) is 17.4. The van der Waals surface area contributed by atoms with Crippen molar-refractivity contribution in [2.24, 2.45) is 0 Å². The molecule has 0 bridgehead atoms. The second-order valence-electron chi connectivity index (χ2n) is 7.77. The summed E-state index contributed by atoms with van der Waals surface area (Å²) >= 11 is 0. The van der Waals surface area contributed by atoms with Crippen molar-refractivity contribution in [2.45, 2.75) is 26.9 Å². The smallest absolute Gasteiger partial charge is 0.263 e. The molecule has 1 fully saturated rings. The summed E-state index contributed by atoms with van der Waals surface area (Å²) in [7, 11) is 0. The van der Waals surface area contributed by atoms with Crippen LogP contribution in [0.2, 0.25) is 0 Å². The molecule has 3 aromatic carbocycles. The molecule has 4 rings (SSSR count). The van der Waals surface area contributed by atoms with Crippen molar-refractivity contribution in [1.29, 1.82) is 0 Å². The number of aryl methyl sites for hydroxylation is 1. The van der Waals surface area contributed by atoms with Gasteiger partial charge >= 0.3 is 0 Å². The summed E-state index contributed by atoms with van der Waals surface area (Å²) in [6.45, 7) is 9.29. The largest absolute Gasteiger partial charge is 0.480 e. The van der Waals surface area contributed by atoms with Crippen LogP contribution in [0.1, 0.15) is 18.1 Å². The molecule has 150 valence electrons. The molecule has 3 aromatic rings. The lowest BCUT2D eigenvalue weighted by Gasteiger charge is -2.38. The fourth-order valence-electron chi connectivity index (χ4n) is 4.04. The van der Waals surface area contributed by atoms with E-state index in [0.717, 1.165) is 42.7 Å². The summed E-state index contributed by atoms with van der Waals surface area (Å²) in [5.41, 5.74) is 3.90. The predicted molar refractivity (Wildman–Crippen MR) is 119 cm³/mol. The quantitative estimate of drug-likeness (QED) is 0.656. The molecule has 1 heterocycles. The summed E-state index contributed by atoms with van der Waals surface area (Å²) in [6, 6.07) is 20.5. The molecule has 1 saturated heterocycles. The van der Waals surface area contributed by atoms with Gasteiger partial charge in [0.25, 0.3) is 5.91 Å². The number of nitrogens with zero attached hydrogens (tertiary/aromatic N) is 2. The third kappa shape index (κ3) is 3.93. The maximum Gasteiger partial charge on any atom is 0.263 e. The highest BCUT2D eigenvalue weighted by Gasteiger charge is 2.27. The van der Waals surface area contributed by atoms with E-state index in [1.165, 1.54) is 16.8 Å². The Hall–Kier alpha value is -3.01. The van der Waals surface area contributed by atoms with E-state index in [4.69, 9.17) is 4.74 Å². The fraction of sp³-hybridized carbons (Fsp3) is 0.320. The fourth-order valence-corrected chi connectivity index (χ4v) is 4.04. The van der Waals surface area contributed by atoms with Crippen molar-refractivity contribution >= 4 is 22.4 Å². The lowest BCUT2D eigenvalue weighted by Crippen LogP contribution is -2.52. The molecule has 4 heteroatoms. The molecule has 0 aliphatic carbocycles. The first-order chi connectivity index (χ1) is 14.0. The molecule has 0 N–H and O–H groups in total. The Balaban J connectivity index is 1.41. The van der Waals surface area contributed by atoms with Crippen LogP contribution in [0.4, 0.5) is 5.69 Å². The predicted octanol–water partition coefficient (Wildman–Crippen LogP) is 4.57. The first kappa shape index (κ1) is 19.3. The highest BCUT2D eigenvalue weighted by atomic mass is 16.5. The molecule has 1 atom stereocenters. The zero-order valence-electron chi connectivity index (χ0n) is 17.4. The second-order valence-corrected chi connectivity index (χ2v) is 7.77. The Morgan fingerprint density at radius 3 is 2.38 bits per heavy atom. The van der Waals surface area contributed by atoms with E-state index in [1.807, 2.05) is 42.2 Å². The normalized spacial score (nSPS) is 15.4. The number of fused-ring (bicyclic) bond motifs is 1. The SMILES string of the molecule is Cc1cccc(N2CCN(C(=O)[C@H](C)Oc3cccc4ccccc34)CC2)c1C. The van der Waals surface area contributed by atoms with Gasteiger partial charge < -0.3 is 14.5 Å². The van der Waals surface area contributed by atoms with Crippen LogP contribution in [0, 0.1) is 13.8 Å². The summed E-state index contributed by atoms with van der Waals surface area (Å²) in [5, 5.41) is 2.15. The third-order valence-corrected chi connectivity index (χ3v) is 5.91. The monoisotopic (exact) mass is 388 g/mol. The lowest BCUT2D eigenvalue weighted by atomic mass is 10.1. The van der Waals surface area contributed by atoms with Crippen LogP contribution in [-0.2, 0) is 4.79 Å². The minimum absolute atomic E-state index is 0.0542. The molecule has 1 amide bonds. The van der Waals surface area contributed by atoms with E-state index in [2.05, 4.69) is 49.1 Å². The molecular weight excluding hydrogens is 360 g/mol. The minimum Gasteiger partial charge on any atom is -0.480 e. The van der Waals surface area contributed by atoms with E-state index in [9.17, 15) is 4.79 Å². The summed E-state index contributed by atoms with van der Waals surface area (Å²) in [4.78, 5) is 17.3. The first-order valence-corrected chi connectivity index (χ1v) is 10.3. The zero-order chi connectivity index (χ0) is 20.4. The number of rotatable bonds is 4. The molecule has 29 heavy (non-hydrogen) atoms. The van der Waals surface area contributed by atoms with E-state index >= 15 is 0 Å². The van der Waals surface area contributed by atoms with Crippen LogP contribution < -0.4 is 9.64 Å². The summed E-state index contributed by atoms with van der Waals surface area (Å²) in [6.07, 6.45) is -0.506. The van der Waals surface area contributed by atoms with Gasteiger partial charge in [-0.05, 0) is 49.4 Å². The lowest BCUT2D eigenvalue weighted by molar-refractivity contribution is -0.138. The van der Waals surface area contributed by atoms with Crippen LogP contribution in [-0.4, -0.2) is 43.1 Å².